The molecule has 0 heterocycles. The monoisotopic (exact) mass is 261 g/mol. The van der Waals surface area contributed by atoms with E-state index < -0.39 is 18.5 Å². The van der Waals surface area contributed by atoms with Gasteiger partial charge in [0.15, 0.2) is 0 Å². The van der Waals surface area contributed by atoms with E-state index in [4.69, 9.17) is 10.5 Å². The van der Waals surface area contributed by atoms with Gasteiger partial charge in [-0.15, -0.1) is 0 Å². The number of benzene rings is 1. The van der Waals surface area contributed by atoms with Crippen LogP contribution in [0.15, 0.2) is 24.3 Å². The van der Waals surface area contributed by atoms with E-state index in [9.17, 15) is 13.2 Å². The first-order valence-electron chi connectivity index (χ1n) is 5.84. The van der Waals surface area contributed by atoms with Gasteiger partial charge in [0.1, 0.15) is 5.75 Å². The maximum Gasteiger partial charge on any atom is 0.389 e. The van der Waals surface area contributed by atoms with Crippen molar-refractivity contribution in [1.82, 2.24) is 0 Å². The normalized spacial score (nSPS) is 13.4. The number of rotatable bonds is 6. The minimum Gasteiger partial charge on any atom is -0.497 e. The van der Waals surface area contributed by atoms with Crippen LogP contribution in [0.25, 0.3) is 0 Å². The highest BCUT2D eigenvalue weighted by atomic mass is 19.4. The lowest BCUT2D eigenvalue weighted by atomic mass is 9.96. The van der Waals surface area contributed by atoms with Crippen molar-refractivity contribution in [1.29, 1.82) is 0 Å². The van der Waals surface area contributed by atoms with Crippen molar-refractivity contribution in [3.05, 3.63) is 29.8 Å². The van der Waals surface area contributed by atoms with Gasteiger partial charge in [-0.2, -0.15) is 13.2 Å². The zero-order valence-corrected chi connectivity index (χ0v) is 10.3. The molecule has 1 atom stereocenters. The number of halogens is 3. The fourth-order valence-electron chi connectivity index (χ4n) is 1.79. The SMILES string of the molecule is COc1ccc(CCC(CN)CC(F)(F)F)cc1. The first kappa shape index (κ1) is 14.8. The predicted molar refractivity (Wildman–Crippen MR) is 64.5 cm³/mol. The van der Waals surface area contributed by atoms with Crippen LogP contribution in [0, 0.1) is 5.92 Å². The molecule has 0 amide bonds. The van der Waals surface area contributed by atoms with Crippen LogP contribution in [0.3, 0.4) is 0 Å². The molecule has 18 heavy (non-hydrogen) atoms. The molecular formula is C13H18F3NO. The standard InChI is InChI=1S/C13H18F3NO/c1-18-12-6-4-10(5-7-12)2-3-11(9-17)8-13(14,15)16/h4-7,11H,2-3,8-9,17H2,1H3. The van der Waals surface area contributed by atoms with Gasteiger partial charge in [-0.25, -0.2) is 0 Å². The first-order chi connectivity index (χ1) is 8.44. The molecule has 0 saturated heterocycles. The number of hydrogen-bond donors (Lipinski definition) is 1. The summed E-state index contributed by atoms with van der Waals surface area (Å²) in [4.78, 5) is 0. The molecule has 0 aliphatic rings. The van der Waals surface area contributed by atoms with Crippen molar-refractivity contribution < 1.29 is 17.9 Å². The van der Waals surface area contributed by atoms with E-state index in [0.29, 0.717) is 12.8 Å². The largest absolute Gasteiger partial charge is 0.497 e. The number of hydrogen-bond acceptors (Lipinski definition) is 2. The van der Waals surface area contributed by atoms with E-state index in [0.717, 1.165) is 11.3 Å². The minimum atomic E-state index is -4.13. The number of methoxy groups -OCH3 is 1. The number of ether oxygens (including phenoxy) is 1. The number of alkyl halides is 3. The third kappa shape index (κ3) is 5.40. The summed E-state index contributed by atoms with van der Waals surface area (Å²) in [5.74, 6) is 0.233. The second kappa shape index (κ2) is 6.64. The lowest BCUT2D eigenvalue weighted by Gasteiger charge is -2.16. The highest BCUT2D eigenvalue weighted by Crippen LogP contribution is 2.27. The van der Waals surface area contributed by atoms with Gasteiger partial charge in [0.25, 0.3) is 0 Å². The zero-order chi connectivity index (χ0) is 13.6. The Kier molecular flexibility index (Phi) is 5.47. The summed E-state index contributed by atoms with van der Waals surface area (Å²) in [7, 11) is 1.57. The van der Waals surface area contributed by atoms with Gasteiger partial charge in [0, 0.05) is 6.42 Å². The molecule has 102 valence electrons. The van der Waals surface area contributed by atoms with Crippen LogP contribution in [0.5, 0.6) is 5.75 Å². The van der Waals surface area contributed by atoms with E-state index in [2.05, 4.69) is 0 Å². The van der Waals surface area contributed by atoms with Crippen LogP contribution >= 0.6 is 0 Å². The Morgan fingerprint density at radius 3 is 2.28 bits per heavy atom. The Morgan fingerprint density at radius 2 is 1.83 bits per heavy atom. The highest BCUT2D eigenvalue weighted by Gasteiger charge is 2.30. The average molecular weight is 261 g/mol. The molecule has 5 heteroatoms. The Morgan fingerprint density at radius 1 is 1.22 bits per heavy atom. The van der Waals surface area contributed by atoms with Crippen LogP contribution in [0.4, 0.5) is 13.2 Å². The van der Waals surface area contributed by atoms with E-state index in [-0.39, 0.29) is 6.54 Å². The molecule has 0 fully saturated rings. The van der Waals surface area contributed by atoms with Gasteiger partial charge >= 0.3 is 6.18 Å². The summed E-state index contributed by atoms with van der Waals surface area (Å²) >= 11 is 0. The summed E-state index contributed by atoms with van der Waals surface area (Å²) in [5.41, 5.74) is 6.37. The molecule has 1 aromatic rings. The van der Waals surface area contributed by atoms with Crippen molar-refractivity contribution in [3.63, 3.8) is 0 Å². The van der Waals surface area contributed by atoms with Crippen LogP contribution < -0.4 is 10.5 Å². The molecule has 0 spiro atoms. The second-order valence-corrected chi connectivity index (χ2v) is 4.31. The van der Waals surface area contributed by atoms with Crippen LogP contribution in [-0.4, -0.2) is 19.8 Å². The second-order valence-electron chi connectivity index (χ2n) is 4.31. The topological polar surface area (TPSA) is 35.2 Å². The van der Waals surface area contributed by atoms with Gasteiger partial charge in [-0.1, -0.05) is 12.1 Å². The van der Waals surface area contributed by atoms with Crippen LogP contribution in [0.2, 0.25) is 0 Å². The van der Waals surface area contributed by atoms with Crippen molar-refractivity contribution in [3.8, 4) is 5.75 Å². The Bertz CT molecular complexity index is 348. The minimum absolute atomic E-state index is 0.0651. The summed E-state index contributed by atoms with van der Waals surface area (Å²) in [6.07, 6.45) is -3.89. The van der Waals surface area contributed by atoms with Crippen molar-refractivity contribution in [2.24, 2.45) is 11.7 Å². The van der Waals surface area contributed by atoms with Gasteiger partial charge in [0.2, 0.25) is 0 Å². The summed E-state index contributed by atoms with van der Waals surface area (Å²) in [5, 5.41) is 0. The molecule has 0 aromatic heterocycles. The molecule has 2 N–H and O–H groups in total. The van der Waals surface area contributed by atoms with E-state index in [1.54, 1.807) is 19.2 Å². The highest BCUT2D eigenvalue weighted by molar-refractivity contribution is 5.27. The quantitative estimate of drug-likeness (QED) is 0.853. The average Bonchev–Trinajstić information content (AvgIpc) is 2.33. The van der Waals surface area contributed by atoms with Gasteiger partial charge < -0.3 is 10.5 Å². The molecule has 1 unspecified atom stereocenters. The summed E-state index contributed by atoms with van der Waals surface area (Å²) < 4.78 is 41.7. The lowest BCUT2D eigenvalue weighted by molar-refractivity contribution is -0.144. The van der Waals surface area contributed by atoms with E-state index in [1.807, 2.05) is 12.1 Å². The van der Waals surface area contributed by atoms with Gasteiger partial charge in [0.05, 0.1) is 7.11 Å². The number of aryl methyl sites for hydroxylation is 1. The molecule has 0 radical (unpaired) electrons. The fraction of sp³-hybridized carbons (Fsp3) is 0.538. The van der Waals surface area contributed by atoms with Crippen molar-refractivity contribution in [2.45, 2.75) is 25.4 Å². The van der Waals surface area contributed by atoms with Crippen LogP contribution in [0.1, 0.15) is 18.4 Å². The summed E-state index contributed by atoms with van der Waals surface area (Å²) in [6.45, 7) is 0.0651. The third-order valence-electron chi connectivity index (χ3n) is 2.85. The van der Waals surface area contributed by atoms with E-state index >= 15 is 0 Å². The first-order valence-corrected chi connectivity index (χ1v) is 5.84. The Balaban J connectivity index is 2.46. The number of nitrogens with two attached hydrogens (primary N) is 1. The van der Waals surface area contributed by atoms with Crippen molar-refractivity contribution in [2.75, 3.05) is 13.7 Å². The molecular weight excluding hydrogens is 243 g/mol. The molecule has 0 bridgehead atoms. The third-order valence-corrected chi connectivity index (χ3v) is 2.85. The maximum absolute atomic E-state index is 12.2. The Labute approximate surface area is 105 Å². The predicted octanol–water partition coefficient (Wildman–Crippen LogP) is 3.16. The molecule has 0 aliphatic heterocycles. The maximum atomic E-state index is 12.2. The van der Waals surface area contributed by atoms with Gasteiger partial charge in [-0.05, 0) is 43.0 Å². The molecule has 2 nitrogen and oxygen atoms in total. The van der Waals surface area contributed by atoms with Gasteiger partial charge in [-0.3, -0.25) is 0 Å². The molecule has 0 saturated carbocycles. The van der Waals surface area contributed by atoms with Crippen molar-refractivity contribution >= 4 is 0 Å². The lowest BCUT2D eigenvalue weighted by Crippen LogP contribution is -2.22. The summed E-state index contributed by atoms with van der Waals surface area (Å²) in [6, 6.07) is 7.33. The zero-order valence-electron chi connectivity index (χ0n) is 10.3. The molecule has 0 aliphatic carbocycles. The Hall–Kier alpha value is -1.23. The fourth-order valence-corrected chi connectivity index (χ4v) is 1.79. The molecule has 1 rings (SSSR count). The smallest absolute Gasteiger partial charge is 0.389 e. The van der Waals surface area contributed by atoms with E-state index in [1.165, 1.54) is 0 Å². The van der Waals surface area contributed by atoms with Crippen LogP contribution in [-0.2, 0) is 6.42 Å². The molecule has 1 aromatic carbocycles.